The van der Waals surface area contributed by atoms with Gasteiger partial charge in [-0.2, -0.15) is 0 Å². The van der Waals surface area contributed by atoms with Crippen molar-refractivity contribution in [2.24, 2.45) is 0 Å². The van der Waals surface area contributed by atoms with Gasteiger partial charge in [0.25, 0.3) is 0 Å². The molecule has 0 aliphatic carbocycles. The van der Waals surface area contributed by atoms with Crippen molar-refractivity contribution < 1.29 is 56.8 Å². The minimum Gasteiger partial charge on any atom is -0.497 e. The number of ether oxygens (including phenoxy) is 12. The summed E-state index contributed by atoms with van der Waals surface area (Å²) in [5.74, 6) is 0.110. The van der Waals surface area contributed by atoms with Gasteiger partial charge in [-0.05, 0) is 47.2 Å². The molecule has 4 rings (SSSR count). The highest BCUT2D eigenvalue weighted by Crippen LogP contribution is 2.45. The summed E-state index contributed by atoms with van der Waals surface area (Å²) in [6.07, 6.45) is 0. The smallest absolute Gasteiger partial charge is 0.311 e. The van der Waals surface area contributed by atoms with Crippen LogP contribution in [0.2, 0.25) is 0 Å². The molecule has 0 spiro atoms. The first-order valence-electron chi connectivity index (χ1n) is 14.2. The Morgan fingerprint density at radius 2 is 1.09 bits per heavy atom. The number of hydrogen-bond acceptors (Lipinski definition) is 12. The molecule has 250 valence electrons. The molecule has 0 aliphatic heterocycles. The standard InChI is InChI=1S/C34H42O12/c1-35-25-17-22-16-24(19-27(36-2)30(22)28(20-25)37-3)34(43-9,44-10)46-14-13-45-31-26-12-11-23(33(40-6,41-7)42-8)15-21(26)18-29(38-4)32(31)39-5/h11-12,15-20H,13-14H2,1-10H3. The molecule has 4 aromatic carbocycles. The lowest BCUT2D eigenvalue weighted by atomic mass is 10.0. The minimum atomic E-state index is -1.60. The molecular weight excluding hydrogens is 600 g/mol. The van der Waals surface area contributed by atoms with E-state index in [2.05, 4.69) is 0 Å². The van der Waals surface area contributed by atoms with E-state index in [0.29, 0.717) is 45.6 Å². The number of methoxy groups -OCH3 is 10. The van der Waals surface area contributed by atoms with Gasteiger partial charge in [0.1, 0.15) is 23.9 Å². The summed E-state index contributed by atoms with van der Waals surface area (Å²) in [7, 11) is 15.3. The second-order valence-corrected chi connectivity index (χ2v) is 9.81. The zero-order valence-electron chi connectivity index (χ0n) is 27.9. The number of rotatable bonds is 17. The normalized spacial score (nSPS) is 12.0. The van der Waals surface area contributed by atoms with E-state index in [1.807, 2.05) is 36.4 Å². The number of fused-ring (bicyclic) bond motifs is 2. The Morgan fingerprint density at radius 1 is 0.478 bits per heavy atom. The summed E-state index contributed by atoms with van der Waals surface area (Å²) in [6, 6.07) is 14.7. The van der Waals surface area contributed by atoms with Crippen LogP contribution in [0.15, 0.2) is 48.5 Å². The van der Waals surface area contributed by atoms with Crippen LogP contribution < -0.4 is 28.4 Å². The van der Waals surface area contributed by atoms with E-state index in [-0.39, 0.29) is 13.2 Å². The molecule has 0 saturated carbocycles. The van der Waals surface area contributed by atoms with E-state index >= 15 is 0 Å². The van der Waals surface area contributed by atoms with Gasteiger partial charge < -0.3 is 56.8 Å². The van der Waals surface area contributed by atoms with Crippen LogP contribution in [-0.4, -0.2) is 84.3 Å². The lowest BCUT2D eigenvalue weighted by molar-refractivity contribution is -0.375. The summed E-state index contributed by atoms with van der Waals surface area (Å²) in [6.45, 7) is 0.156. The van der Waals surface area contributed by atoms with E-state index in [9.17, 15) is 0 Å². The number of benzene rings is 4. The van der Waals surface area contributed by atoms with Gasteiger partial charge in [-0.3, -0.25) is 0 Å². The maximum absolute atomic E-state index is 6.29. The van der Waals surface area contributed by atoms with Gasteiger partial charge >= 0.3 is 11.9 Å². The van der Waals surface area contributed by atoms with Gasteiger partial charge in [0.05, 0.1) is 47.5 Å². The van der Waals surface area contributed by atoms with Gasteiger partial charge in [-0.1, -0.05) is 6.07 Å². The first-order chi connectivity index (χ1) is 22.3. The minimum absolute atomic E-state index is 0.0591. The average molecular weight is 643 g/mol. The summed E-state index contributed by atoms with van der Waals surface area (Å²) >= 11 is 0. The van der Waals surface area contributed by atoms with Crippen molar-refractivity contribution in [1.82, 2.24) is 0 Å². The largest absolute Gasteiger partial charge is 0.497 e. The van der Waals surface area contributed by atoms with Gasteiger partial charge in [-0.15, -0.1) is 0 Å². The Kier molecular flexibility index (Phi) is 11.4. The van der Waals surface area contributed by atoms with Crippen LogP contribution in [0, 0.1) is 0 Å². The summed E-state index contributed by atoms with van der Waals surface area (Å²) in [5.41, 5.74) is 1.19. The molecule has 12 heteroatoms. The quantitative estimate of drug-likeness (QED) is 0.106. The molecular formula is C34H42O12. The maximum atomic E-state index is 6.29. The van der Waals surface area contributed by atoms with E-state index in [0.717, 1.165) is 21.5 Å². The van der Waals surface area contributed by atoms with E-state index in [4.69, 9.17) is 56.8 Å². The van der Waals surface area contributed by atoms with Crippen molar-refractivity contribution >= 4 is 21.5 Å². The summed E-state index contributed by atoms with van der Waals surface area (Å²) in [5, 5.41) is 3.07. The predicted octanol–water partition coefficient (Wildman–Crippen LogP) is 5.58. The Morgan fingerprint density at radius 3 is 1.65 bits per heavy atom. The summed E-state index contributed by atoms with van der Waals surface area (Å²) < 4.78 is 68.9. The van der Waals surface area contributed by atoms with Crippen LogP contribution in [0.25, 0.3) is 21.5 Å². The van der Waals surface area contributed by atoms with Crippen LogP contribution >= 0.6 is 0 Å². The van der Waals surface area contributed by atoms with Crippen molar-refractivity contribution in [2.45, 2.75) is 11.9 Å². The monoisotopic (exact) mass is 642 g/mol. The zero-order valence-corrected chi connectivity index (χ0v) is 27.9. The fraction of sp³-hybridized carbons (Fsp3) is 0.412. The SMILES string of the molecule is COc1cc(OC)c2c(OC)cc(C(OC)(OC)OCCOc3c(OC)c(OC)cc4cc(C(OC)(OC)OC)ccc34)cc2c1. The molecule has 4 aromatic rings. The molecule has 0 saturated heterocycles. The number of hydrogen-bond donors (Lipinski definition) is 0. The van der Waals surface area contributed by atoms with Crippen molar-refractivity contribution in [2.75, 3.05) is 84.3 Å². The Balaban J connectivity index is 1.67. The van der Waals surface area contributed by atoms with Crippen LogP contribution in [0.1, 0.15) is 11.1 Å². The molecule has 0 aromatic heterocycles. The Hall–Kier alpha value is -4.04. The fourth-order valence-electron chi connectivity index (χ4n) is 5.48. The van der Waals surface area contributed by atoms with Crippen molar-refractivity contribution in [3.05, 3.63) is 59.7 Å². The molecule has 0 radical (unpaired) electrons. The van der Waals surface area contributed by atoms with Crippen molar-refractivity contribution in [3.8, 4) is 34.5 Å². The molecule has 0 aliphatic rings. The molecule has 0 bridgehead atoms. The first-order valence-corrected chi connectivity index (χ1v) is 14.2. The predicted molar refractivity (Wildman–Crippen MR) is 171 cm³/mol. The van der Waals surface area contributed by atoms with Crippen LogP contribution in [-0.2, 0) is 40.4 Å². The third-order valence-corrected chi connectivity index (χ3v) is 7.74. The molecule has 46 heavy (non-hydrogen) atoms. The molecule has 0 amide bonds. The van der Waals surface area contributed by atoms with Gasteiger partial charge in [-0.25, -0.2) is 0 Å². The van der Waals surface area contributed by atoms with Gasteiger partial charge in [0, 0.05) is 58.1 Å². The van der Waals surface area contributed by atoms with Crippen molar-refractivity contribution in [1.29, 1.82) is 0 Å². The maximum Gasteiger partial charge on any atom is 0.311 e. The van der Waals surface area contributed by atoms with E-state index in [1.54, 1.807) is 47.7 Å². The van der Waals surface area contributed by atoms with E-state index < -0.39 is 11.9 Å². The third kappa shape index (κ3) is 6.32. The van der Waals surface area contributed by atoms with Crippen LogP contribution in [0.5, 0.6) is 34.5 Å². The average Bonchev–Trinajstić information content (AvgIpc) is 3.11. The second kappa shape index (κ2) is 15.0. The fourth-order valence-corrected chi connectivity index (χ4v) is 5.48. The lowest BCUT2D eigenvalue weighted by Crippen LogP contribution is -2.35. The highest BCUT2D eigenvalue weighted by atomic mass is 16.9. The van der Waals surface area contributed by atoms with Crippen LogP contribution in [0.4, 0.5) is 0 Å². The Labute approximate surface area is 268 Å². The second-order valence-electron chi connectivity index (χ2n) is 9.81. The molecule has 0 unspecified atom stereocenters. The first kappa shape index (κ1) is 34.8. The van der Waals surface area contributed by atoms with E-state index in [1.165, 1.54) is 35.5 Å². The molecule has 0 N–H and O–H groups in total. The highest BCUT2D eigenvalue weighted by Gasteiger charge is 2.36. The van der Waals surface area contributed by atoms with Crippen LogP contribution in [0.3, 0.4) is 0 Å². The Bertz CT molecular complexity index is 1620. The summed E-state index contributed by atoms with van der Waals surface area (Å²) in [4.78, 5) is 0. The highest BCUT2D eigenvalue weighted by molar-refractivity contribution is 5.96. The van der Waals surface area contributed by atoms with Gasteiger partial charge in [0.2, 0.25) is 5.75 Å². The lowest BCUT2D eigenvalue weighted by Gasteiger charge is -2.31. The van der Waals surface area contributed by atoms with Gasteiger partial charge in [0.15, 0.2) is 11.5 Å². The molecule has 0 fully saturated rings. The molecule has 12 nitrogen and oxygen atoms in total. The topological polar surface area (TPSA) is 111 Å². The zero-order chi connectivity index (χ0) is 33.5. The molecule has 0 atom stereocenters. The third-order valence-electron chi connectivity index (χ3n) is 7.74. The van der Waals surface area contributed by atoms with Crippen molar-refractivity contribution in [3.63, 3.8) is 0 Å². The molecule has 0 heterocycles.